The Labute approximate surface area is 132 Å². The zero-order valence-electron chi connectivity index (χ0n) is 13.7. The molecular formula is C15H27ClN2O3. The van der Waals surface area contributed by atoms with E-state index in [1.165, 1.54) is 0 Å². The molecule has 1 unspecified atom stereocenters. The molecule has 0 spiro atoms. The van der Waals surface area contributed by atoms with E-state index in [1.807, 2.05) is 34.6 Å². The van der Waals surface area contributed by atoms with Crippen LogP contribution >= 0.6 is 11.6 Å². The first kappa shape index (κ1) is 18.1. The molecule has 1 atom stereocenters. The Balaban J connectivity index is 2.80. The van der Waals surface area contributed by atoms with E-state index in [4.69, 9.17) is 16.3 Å². The molecule has 1 aliphatic rings. The van der Waals surface area contributed by atoms with Crippen molar-refractivity contribution in [1.82, 2.24) is 9.80 Å². The number of piperidine rings is 1. The van der Waals surface area contributed by atoms with Crippen molar-refractivity contribution in [2.45, 2.75) is 65.1 Å². The van der Waals surface area contributed by atoms with E-state index in [1.54, 1.807) is 9.80 Å². The third-order valence-corrected chi connectivity index (χ3v) is 3.65. The van der Waals surface area contributed by atoms with Crippen molar-refractivity contribution in [1.29, 1.82) is 0 Å². The van der Waals surface area contributed by atoms with Crippen LogP contribution in [0.1, 0.15) is 47.5 Å². The van der Waals surface area contributed by atoms with Crippen LogP contribution in [0.25, 0.3) is 0 Å². The number of likely N-dealkylation sites (tertiary alicyclic amines) is 1. The minimum Gasteiger partial charge on any atom is -0.444 e. The van der Waals surface area contributed by atoms with Gasteiger partial charge in [-0.05, 0) is 47.5 Å². The molecule has 1 saturated heterocycles. The summed E-state index contributed by atoms with van der Waals surface area (Å²) in [5.74, 6) is -0.0878. The van der Waals surface area contributed by atoms with Gasteiger partial charge in [-0.3, -0.25) is 4.79 Å². The van der Waals surface area contributed by atoms with Crippen LogP contribution in [0.4, 0.5) is 4.79 Å². The Kier molecular flexibility index (Phi) is 6.32. The van der Waals surface area contributed by atoms with Gasteiger partial charge in [-0.15, -0.1) is 11.6 Å². The average Bonchev–Trinajstić information content (AvgIpc) is 2.35. The summed E-state index contributed by atoms with van der Waals surface area (Å²) in [6.07, 6.45) is 1.44. The number of hydrogen-bond donors (Lipinski definition) is 0. The lowest BCUT2D eigenvalue weighted by molar-refractivity contribution is -0.130. The Morgan fingerprint density at radius 2 is 2.00 bits per heavy atom. The maximum absolute atomic E-state index is 12.4. The molecule has 1 fully saturated rings. The third-order valence-electron chi connectivity index (χ3n) is 3.42. The number of carbonyl (C=O) groups is 2. The first-order valence-corrected chi connectivity index (χ1v) is 8.04. The fourth-order valence-corrected chi connectivity index (χ4v) is 2.76. The zero-order chi connectivity index (χ0) is 16.2. The van der Waals surface area contributed by atoms with Crippen LogP contribution in [0.2, 0.25) is 0 Å². The highest BCUT2D eigenvalue weighted by molar-refractivity contribution is 6.27. The van der Waals surface area contributed by atoms with Crippen LogP contribution < -0.4 is 0 Å². The quantitative estimate of drug-likeness (QED) is 0.752. The molecule has 0 aliphatic carbocycles. The van der Waals surface area contributed by atoms with E-state index in [0.29, 0.717) is 13.1 Å². The number of nitrogens with zero attached hydrogens (tertiary/aromatic N) is 2. The van der Waals surface area contributed by atoms with Gasteiger partial charge in [0.1, 0.15) is 11.5 Å². The maximum atomic E-state index is 12.4. The molecule has 0 N–H and O–H groups in total. The molecule has 1 aliphatic heterocycles. The molecule has 0 aromatic rings. The van der Waals surface area contributed by atoms with Crippen LogP contribution in [0.5, 0.6) is 0 Å². The highest BCUT2D eigenvalue weighted by Crippen LogP contribution is 2.21. The zero-order valence-corrected chi connectivity index (χ0v) is 14.4. The molecule has 122 valence electrons. The van der Waals surface area contributed by atoms with Gasteiger partial charge in [0, 0.05) is 19.1 Å². The normalized spacial score (nSPS) is 19.6. The molecule has 5 nitrogen and oxygen atoms in total. The van der Waals surface area contributed by atoms with Crippen LogP contribution in [0.15, 0.2) is 0 Å². The van der Waals surface area contributed by atoms with Gasteiger partial charge >= 0.3 is 6.09 Å². The minimum absolute atomic E-state index is 0.0131. The van der Waals surface area contributed by atoms with Crippen molar-refractivity contribution in [2.24, 2.45) is 0 Å². The predicted molar refractivity (Wildman–Crippen MR) is 83.5 cm³/mol. The summed E-state index contributed by atoms with van der Waals surface area (Å²) in [7, 11) is 0. The Morgan fingerprint density at radius 1 is 1.38 bits per heavy atom. The smallest absolute Gasteiger partial charge is 0.410 e. The largest absolute Gasteiger partial charge is 0.444 e. The van der Waals surface area contributed by atoms with Crippen molar-refractivity contribution in [3.8, 4) is 0 Å². The standard InChI is InChI=1S/C15H27ClN2O3/c1-11(2)18(14(20)21-15(3,4)5)12-7-6-8-17(10-12)13(19)9-16/h11-12H,6-10H2,1-5H3. The number of hydrogen-bond acceptors (Lipinski definition) is 3. The van der Waals surface area contributed by atoms with Gasteiger partial charge in [0.05, 0.1) is 6.04 Å². The Bertz CT molecular complexity index is 380. The summed E-state index contributed by atoms with van der Waals surface area (Å²) < 4.78 is 5.49. The van der Waals surface area contributed by atoms with E-state index < -0.39 is 5.60 Å². The number of rotatable bonds is 3. The second-order valence-corrected chi connectivity index (χ2v) is 7.02. The van der Waals surface area contributed by atoms with Gasteiger partial charge in [-0.2, -0.15) is 0 Å². The molecule has 1 rings (SSSR count). The van der Waals surface area contributed by atoms with Crippen molar-refractivity contribution in [3.63, 3.8) is 0 Å². The summed E-state index contributed by atoms with van der Waals surface area (Å²) >= 11 is 5.63. The van der Waals surface area contributed by atoms with Crippen molar-refractivity contribution in [3.05, 3.63) is 0 Å². The molecule has 0 radical (unpaired) electrons. The molecule has 21 heavy (non-hydrogen) atoms. The van der Waals surface area contributed by atoms with Crippen molar-refractivity contribution < 1.29 is 14.3 Å². The van der Waals surface area contributed by atoms with Crippen LogP contribution in [0, 0.1) is 0 Å². The summed E-state index contributed by atoms with van der Waals surface area (Å²) in [6.45, 7) is 10.7. The van der Waals surface area contributed by atoms with Gasteiger partial charge < -0.3 is 14.5 Å². The van der Waals surface area contributed by atoms with Crippen molar-refractivity contribution >= 4 is 23.6 Å². The highest BCUT2D eigenvalue weighted by atomic mass is 35.5. The Morgan fingerprint density at radius 3 is 2.48 bits per heavy atom. The van der Waals surface area contributed by atoms with Crippen LogP contribution in [0.3, 0.4) is 0 Å². The van der Waals surface area contributed by atoms with E-state index in [0.717, 1.165) is 12.8 Å². The fourth-order valence-electron chi connectivity index (χ4n) is 2.59. The van der Waals surface area contributed by atoms with Gasteiger partial charge in [-0.1, -0.05) is 0 Å². The first-order chi connectivity index (χ1) is 9.65. The summed E-state index contributed by atoms with van der Waals surface area (Å²) in [4.78, 5) is 27.7. The topological polar surface area (TPSA) is 49.9 Å². The molecule has 0 aromatic carbocycles. The fraction of sp³-hybridized carbons (Fsp3) is 0.867. The minimum atomic E-state index is -0.523. The average molecular weight is 319 g/mol. The summed E-state index contributed by atoms with van der Waals surface area (Å²) in [5.41, 5.74) is -0.523. The van der Waals surface area contributed by atoms with E-state index in [9.17, 15) is 9.59 Å². The van der Waals surface area contributed by atoms with E-state index in [2.05, 4.69) is 0 Å². The lowest BCUT2D eigenvalue weighted by Gasteiger charge is -2.41. The van der Waals surface area contributed by atoms with Gasteiger partial charge in [-0.25, -0.2) is 4.79 Å². The lowest BCUT2D eigenvalue weighted by atomic mass is 10.0. The van der Waals surface area contributed by atoms with Crippen LogP contribution in [-0.2, 0) is 9.53 Å². The number of amides is 2. The number of halogens is 1. The second-order valence-electron chi connectivity index (χ2n) is 6.75. The second kappa shape index (κ2) is 7.34. The van der Waals surface area contributed by atoms with Gasteiger partial charge in [0.2, 0.25) is 5.91 Å². The molecular weight excluding hydrogens is 292 g/mol. The summed E-state index contributed by atoms with van der Waals surface area (Å²) in [6, 6.07) is 0.0108. The van der Waals surface area contributed by atoms with Crippen molar-refractivity contribution in [2.75, 3.05) is 19.0 Å². The molecule has 0 bridgehead atoms. The molecule has 2 amide bonds. The predicted octanol–water partition coefficient (Wildman–Crippen LogP) is 2.86. The first-order valence-electron chi connectivity index (χ1n) is 7.50. The SMILES string of the molecule is CC(C)N(C(=O)OC(C)(C)C)C1CCCN(C(=O)CCl)C1. The van der Waals surface area contributed by atoms with Gasteiger partial charge in [0.25, 0.3) is 0 Å². The number of carbonyl (C=O) groups excluding carboxylic acids is 2. The lowest BCUT2D eigenvalue weighted by Crippen LogP contribution is -2.55. The third kappa shape index (κ3) is 5.38. The number of alkyl halides is 1. The van der Waals surface area contributed by atoms with Gasteiger partial charge in [0.15, 0.2) is 0 Å². The molecule has 0 saturated carbocycles. The highest BCUT2D eigenvalue weighted by Gasteiger charge is 2.34. The monoisotopic (exact) mass is 318 g/mol. The summed E-state index contributed by atoms with van der Waals surface area (Å²) in [5, 5.41) is 0. The van der Waals surface area contributed by atoms with Crippen LogP contribution in [-0.4, -0.2) is 58.5 Å². The molecule has 1 heterocycles. The molecule has 6 heteroatoms. The van der Waals surface area contributed by atoms with E-state index in [-0.39, 0.29) is 30.0 Å². The maximum Gasteiger partial charge on any atom is 0.410 e. The Hall–Kier alpha value is -0.970. The molecule has 0 aromatic heterocycles. The van der Waals surface area contributed by atoms with E-state index >= 15 is 0 Å². The number of ether oxygens (including phenoxy) is 1.